The third-order valence-corrected chi connectivity index (χ3v) is 4.05. The average Bonchev–Trinajstić information content (AvgIpc) is 3.02. The summed E-state index contributed by atoms with van der Waals surface area (Å²) in [5, 5.41) is 11.4. The topological polar surface area (TPSA) is 120 Å². The summed E-state index contributed by atoms with van der Waals surface area (Å²) < 4.78 is 12.4. The number of hydrogen-bond donors (Lipinski definition) is 2. The van der Waals surface area contributed by atoms with Gasteiger partial charge in [-0.15, -0.1) is 5.10 Å². The number of thioether (sulfide) groups is 1. The average molecular weight is 350 g/mol. The molecular formula is C13H14N6O4S. The van der Waals surface area contributed by atoms with Crippen molar-refractivity contribution in [2.24, 2.45) is 7.05 Å². The third-order valence-electron chi connectivity index (χ3n) is 3.04. The summed E-state index contributed by atoms with van der Waals surface area (Å²) in [5.41, 5.74) is 4.63. The predicted octanol–water partition coefficient (Wildman–Crippen LogP) is -0.710. The molecule has 1 atom stereocenters. The zero-order chi connectivity index (χ0) is 16.9. The van der Waals surface area contributed by atoms with Crippen LogP contribution >= 0.6 is 11.8 Å². The first-order chi connectivity index (χ1) is 11.6. The predicted molar refractivity (Wildman–Crippen MR) is 82.2 cm³/mol. The summed E-state index contributed by atoms with van der Waals surface area (Å²) in [5.74, 6) is 0.232. The van der Waals surface area contributed by atoms with Crippen LogP contribution in [0.4, 0.5) is 0 Å². The number of aromatic nitrogens is 4. The maximum Gasteiger partial charge on any atom is 0.283 e. The molecule has 2 N–H and O–H groups in total. The SMILES string of the molecule is Cn1nnnc1SCC(=O)NNC(=O)[C@H]1COc2ccccc2O1. The molecule has 0 spiro atoms. The molecule has 2 heterocycles. The second-order valence-electron chi connectivity index (χ2n) is 4.78. The number of nitrogens with one attached hydrogen (secondary N) is 2. The fourth-order valence-electron chi connectivity index (χ4n) is 1.87. The molecule has 10 nitrogen and oxygen atoms in total. The van der Waals surface area contributed by atoms with Gasteiger partial charge in [-0.05, 0) is 22.6 Å². The number of amides is 2. The van der Waals surface area contributed by atoms with E-state index >= 15 is 0 Å². The Bertz CT molecular complexity index is 752. The highest BCUT2D eigenvalue weighted by atomic mass is 32.2. The van der Waals surface area contributed by atoms with Crippen molar-refractivity contribution in [1.29, 1.82) is 0 Å². The maximum atomic E-state index is 12.0. The fourth-order valence-corrected chi connectivity index (χ4v) is 2.52. The molecule has 0 saturated carbocycles. The first-order valence-electron chi connectivity index (χ1n) is 6.96. The van der Waals surface area contributed by atoms with E-state index < -0.39 is 17.9 Å². The van der Waals surface area contributed by atoms with Crippen LogP contribution < -0.4 is 20.3 Å². The largest absolute Gasteiger partial charge is 0.485 e. The highest BCUT2D eigenvalue weighted by Gasteiger charge is 2.27. The lowest BCUT2D eigenvalue weighted by molar-refractivity contribution is -0.134. The van der Waals surface area contributed by atoms with Crippen molar-refractivity contribution in [3.63, 3.8) is 0 Å². The number of ether oxygens (including phenoxy) is 2. The highest BCUT2D eigenvalue weighted by molar-refractivity contribution is 7.99. The normalized spacial score (nSPS) is 15.6. The second kappa shape index (κ2) is 7.17. The molecule has 2 amide bonds. The minimum Gasteiger partial charge on any atom is -0.485 e. The standard InChI is InChI=1S/C13H14N6O4S/c1-19-13(16-17-18-19)24-7-11(20)14-15-12(21)10-6-22-8-4-2-3-5-9(8)23-10/h2-5,10H,6-7H2,1H3,(H,14,20)(H,15,21)/t10-/m1/s1. The summed E-state index contributed by atoms with van der Waals surface area (Å²) in [7, 11) is 1.67. The Labute approximate surface area is 140 Å². The lowest BCUT2D eigenvalue weighted by atomic mass is 10.2. The number of nitrogens with zero attached hydrogens (tertiary/aromatic N) is 4. The number of hydrazine groups is 1. The van der Waals surface area contributed by atoms with E-state index in [2.05, 4.69) is 26.4 Å². The summed E-state index contributed by atoms with van der Waals surface area (Å²) in [4.78, 5) is 23.8. The van der Waals surface area contributed by atoms with Crippen LogP contribution in [0.5, 0.6) is 11.5 Å². The van der Waals surface area contributed by atoms with Crippen molar-refractivity contribution in [3.8, 4) is 11.5 Å². The van der Waals surface area contributed by atoms with Gasteiger partial charge >= 0.3 is 0 Å². The Kier molecular flexibility index (Phi) is 4.79. The Morgan fingerprint density at radius 1 is 1.33 bits per heavy atom. The van der Waals surface area contributed by atoms with Crippen LogP contribution in [-0.4, -0.2) is 50.5 Å². The van der Waals surface area contributed by atoms with Gasteiger partial charge in [0.25, 0.3) is 5.91 Å². The van der Waals surface area contributed by atoms with E-state index in [1.54, 1.807) is 25.2 Å². The molecule has 1 aromatic heterocycles. The lowest BCUT2D eigenvalue weighted by Crippen LogP contribution is -2.51. The molecule has 0 radical (unpaired) electrons. The van der Waals surface area contributed by atoms with Gasteiger partial charge in [0.1, 0.15) is 6.61 Å². The van der Waals surface area contributed by atoms with Crippen molar-refractivity contribution in [2.45, 2.75) is 11.3 Å². The number of aryl methyl sites for hydroxylation is 1. The van der Waals surface area contributed by atoms with Crippen molar-refractivity contribution >= 4 is 23.6 Å². The number of carbonyl (C=O) groups is 2. The molecular weight excluding hydrogens is 336 g/mol. The molecule has 0 aliphatic carbocycles. The smallest absolute Gasteiger partial charge is 0.283 e. The molecule has 1 aliphatic heterocycles. The minimum atomic E-state index is -0.837. The number of tetrazole rings is 1. The minimum absolute atomic E-state index is 0.0549. The van der Waals surface area contributed by atoms with Gasteiger partial charge in [0.2, 0.25) is 17.2 Å². The van der Waals surface area contributed by atoms with Crippen LogP contribution in [0.1, 0.15) is 0 Å². The van der Waals surface area contributed by atoms with Gasteiger partial charge in [-0.25, -0.2) is 4.68 Å². The van der Waals surface area contributed by atoms with Gasteiger partial charge in [-0.2, -0.15) is 0 Å². The Morgan fingerprint density at radius 3 is 2.88 bits per heavy atom. The molecule has 0 unspecified atom stereocenters. The van der Waals surface area contributed by atoms with E-state index in [0.29, 0.717) is 16.7 Å². The van der Waals surface area contributed by atoms with Gasteiger partial charge in [-0.1, -0.05) is 23.9 Å². The molecule has 0 saturated heterocycles. The van der Waals surface area contributed by atoms with Crippen molar-refractivity contribution in [1.82, 2.24) is 31.1 Å². The van der Waals surface area contributed by atoms with Crippen LogP contribution in [-0.2, 0) is 16.6 Å². The van der Waals surface area contributed by atoms with Gasteiger partial charge in [-0.3, -0.25) is 20.4 Å². The zero-order valence-corrected chi connectivity index (χ0v) is 13.4. The van der Waals surface area contributed by atoms with Crippen LogP contribution in [0.2, 0.25) is 0 Å². The van der Waals surface area contributed by atoms with Crippen LogP contribution in [0, 0.1) is 0 Å². The van der Waals surface area contributed by atoms with Gasteiger partial charge in [0, 0.05) is 7.05 Å². The zero-order valence-electron chi connectivity index (χ0n) is 12.6. The molecule has 11 heteroatoms. The van der Waals surface area contributed by atoms with Gasteiger partial charge in [0.15, 0.2) is 11.5 Å². The van der Waals surface area contributed by atoms with E-state index in [1.165, 1.54) is 4.68 Å². The van der Waals surface area contributed by atoms with Crippen LogP contribution in [0.25, 0.3) is 0 Å². The van der Waals surface area contributed by atoms with E-state index in [0.717, 1.165) is 11.8 Å². The van der Waals surface area contributed by atoms with Gasteiger partial charge in [0.05, 0.1) is 5.75 Å². The highest BCUT2D eigenvalue weighted by Crippen LogP contribution is 2.30. The molecule has 1 aliphatic rings. The van der Waals surface area contributed by atoms with E-state index in [4.69, 9.17) is 9.47 Å². The number of carbonyl (C=O) groups excluding carboxylic acids is 2. The Hall–Kier alpha value is -2.82. The summed E-state index contributed by atoms with van der Waals surface area (Å²) in [6.45, 7) is 0.0675. The number of para-hydroxylation sites is 2. The first-order valence-corrected chi connectivity index (χ1v) is 7.94. The number of hydrogen-bond acceptors (Lipinski definition) is 8. The summed E-state index contributed by atoms with van der Waals surface area (Å²) in [6.07, 6.45) is -0.837. The summed E-state index contributed by atoms with van der Waals surface area (Å²) in [6, 6.07) is 7.05. The molecule has 24 heavy (non-hydrogen) atoms. The van der Waals surface area contributed by atoms with Gasteiger partial charge < -0.3 is 9.47 Å². The molecule has 3 rings (SSSR count). The van der Waals surface area contributed by atoms with Crippen molar-refractivity contribution in [3.05, 3.63) is 24.3 Å². The molecule has 2 aromatic rings. The second-order valence-corrected chi connectivity index (χ2v) is 5.72. The quantitative estimate of drug-likeness (QED) is 0.548. The molecule has 126 valence electrons. The monoisotopic (exact) mass is 350 g/mol. The molecule has 1 aromatic carbocycles. The van der Waals surface area contributed by atoms with Crippen molar-refractivity contribution < 1.29 is 19.1 Å². The van der Waals surface area contributed by atoms with E-state index in [1.807, 2.05) is 6.07 Å². The fraction of sp³-hybridized carbons (Fsp3) is 0.308. The maximum absolute atomic E-state index is 12.0. The lowest BCUT2D eigenvalue weighted by Gasteiger charge is -2.25. The molecule has 0 fully saturated rings. The number of fused-ring (bicyclic) bond motifs is 1. The van der Waals surface area contributed by atoms with E-state index in [-0.39, 0.29) is 12.4 Å². The Morgan fingerprint density at radius 2 is 2.12 bits per heavy atom. The van der Waals surface area contributed by atoms with Crippen LogP contribution in [0.3, 0.4) is 0 Å². The third kappa shape index (κ3) is 3.74. The van der Waals surface area contributed by atoms with Crippen molar-refractivity contribution in [2.75, 3.05) is 12.4 Å². The first kappa shape index (κ1) is 16.1. The number of benzene rings is 1. The van der Waals surface area contributed by atoms with Crippen LogP contribution in [0.15, 0.2) is 29.4 Å². The molecule has 0 bridgehead atoms. The van der Waals surface area contributed by atoms with E-state index in [9.17, 15) is 9.59 Å². The Balaban J connectivity index is 1.44. The number of rotatable bonds is 4. The summed E-state index contributed by atoms with van der Waals surface area (Å²) >= 11 is 1.15.